The lowest BCUT2D eigenvalue weighted by Gasteiger charge is -2.16. The molecular formula is C18H20N4O3S. The zero-order valence-corrected chi connectivity index (χ0v) is 15.4. The summed E-state index contributed by atoms with van der Waals surface area (Å²) in [4.78, 5) is 21.9. The average molecular weight is 372 g/mol. The quantitative estimate of drug-likeness (QED) is 0.693. The van der Waals surface area contributed by atoms with Crippen LogP contribution in [0.1, 0.15) is 23.1 Å². The Bertz CT molecular complexity index is 993. The molecule has 3 rings (SSSR count). The number of fused-ring (bicyclic) bond motifs is 1. The smallest absolute Gasteiger partial charge is 0.254 e. The summed E-state index contributed by atoms with van der Waals surface area (Å²) < 4.78 is 26.3. The number of carbonyl (C=O) groups is 1. The minimum absolute atomic E-state index is 0.135. The number of aromatic amines is 1. The van der Waals surface area contributed by atoms with Crippen molar-refractivity contribution < 1.29 is 13.2 Å². The molecule has 0 saturated heterocycles. The number of nitrogens with zero attached hydrogens (tertiary/aromatic N) is 2. The number of sulfonamides is 1. The molecule has 7 nitrogen and oxygen atoms in total. The van der Waals surface area contributed by atoms with Gasteiger partial charge < -0.3 is 9.88 Å². The molecule has 0 aliphatic rings. The molecule has 1 amide bonds. The summed E-state index contributed by atoms with van der Waals surface area (Å²) in [5.74, 6) is 0.478. The van der Waals surface area contributed by atoms with Crippen molar-refractivity contribution in [2.24, 2.45) is 0 Å². The lowest BCUT2D eigenvalue weighted by Crippen LogP contribution is -2.27. The van der Waals surface area contributed by atoms with Gasteiger partial charge in [0.15, 0.2) is 0 Å². The van der Waals surface area contributed by atoms with E-state index in [1.807, 2.05) is 24.3 Å². The Morgan fingerprint density at radius 1 is 1.15 bits per heavy atom. The molecule has 0 bridgehead atoms. The van der Waals surface area contributed by atoms with Crippen LogP contribution >= 0.6 is 0 Å². The van der Waals surface area contributed by atoms with Crippen molar-refractivity contribution in [3.8, 4) is 0 Å². The van der Waals surface area contributed by atoms with Gasteiger partial charge in [0.25, 0.3) is 5.91 Å². The zero-order chi connectivity index (χ0) is 18.7. The minimum Gasteiger partial charge on any atom is -0.340 e. The molecular weight excluding hydrogens is 352 g/mol. The zero-order valence-electron chi connectivity index (χ0n) is 14.6. The van der Waals surface area contributed by atoms with Gasteiger partial charge in [-0.15, -0.1) is 0 Å². The molecule has 0 spiro atoms. The molecule has 0 saturated carbocycles. The van der Waals surface area contributed by atoms with Gasteiger partial charge in [0, 0.05) is 19.2 Å². The Labute approximate surface area is 152 Å². The fourth-order valence-corrected chi connectivity index (χ4v) is 3.69. The fraction of sp³-hybridized carbons (Fsp3) is 0.222. The average Bonchev–Trinajstić information content (AvgIpc) is 3.03. The largest absolute Gasteiger partial charge is 0.340 e. The third-order valence-electron chi connectivity index (χ3n) is 3.92. The van der Waals surface area contributed by atoms with Crippen molar-refractivity contribution in [3.05, 3.63) is 59.9 Å². The van der Waals surface area contributed by atoms with Crippen LogP contribution in [-0.4, -0.2) is 42.8 Å². The Balaban J connectivity index is 1.73. The monoisotopic (exact) mass is 372 g/mol. The van der Waals surface area contributed by atoms with E-state index in [0.29, 0.717) is 24.5 Å². The van der Waals surface area contributed by atoms with Gasteiger partial charge in [0.05, 0.1) is 22.5 Å². The van der Waals surface area contributed by atoms with E-state index in [1.165, 1.54) is 29.2 Å². The number of rotatable bonds is 6. The molecule has 1 aromatic heterocycles. The summed E-state index contributed by atoms with van der Waals surface area (Å²) in [6, 6.07) is 13.6. The first-order valence-corrected chi connectivity index (χ1v) is 9.68. The maximum absolute atomic E-state index is 12.6. The van der Waals surface area contributed by atoms with E-state index >= 15 is 0 Å². The van der Waals surface area contributed by atoms with Gasteiger partial charge in [-0.25, -0.2) is 18.1 Å². The van der Waals surface area contributed by atoms with Crippen LogP contribution in [0.5, 0.6) is 0 Å². The van der Waals surface area contributed by atoms with Crippen LogP contribution in [0, 0.1) is 0 Å². The van der Waals surface area contributed by atoms with Gasteiger partial charge in [-0.1, -0.05) is 19.1 Å². The van der Waals surface area contributed by atoms with Gasteiger partial charge in [-0.3, -0.25) is 4.79 Å². The van der Waals surface area contributed by atoms with Crippen LogP contribution in [0.4, 0.5) is 0 Å². The maximum Gasteiger partial charge on any atom is 0.254 e. The maximum atomic E-state index is 12.6. The molecule has 2 aromatic carbocycles. The second-order valence-electron chi connectivity index (χ2n) is 5.89. The first kappa shape index (κ1) is 18.1. The Morgan fingerprint density at radius 3 is 2.50 bits per heavy atom. The van der Waals surface area contributed by atoms with Crippen LogP contribution in [0.2, 0.25) is 0 Å². The van der Waals surface area contributed by atoms with Crippen molar-refractivity contribution in [1.29, 1.82) is 0 Å². The van der Waals surface area contributed by atoms with Crippen molar-refractivity contribution in [2.45, 2.75) is 18.4 Å². The molecule has 0 radical (unpaired) electrons. The Morgan fingerprint density at radius 2 is 1.85 bits per heavy atom. The molecule has 8 heteroatoms. The number of imidazole rings is 1. The highest BCUT2D eigenvalue weighted by Crippen LogP contribution is 2.14. The number of hydrogen-bond acceptors (Lipinski definition) is 4. The topological polar surface area (TPSA) is 95.2 Å². The second kappa shape index (κ2) is 7.27. The molecule has 136 valence electrons. The lowest BCUT2D eigenvalue weighted by molar-refractivity contribution is 0.0782. The molecule has 0 unspecified atom stereocenters. The lowest BCUT2D eigenvalue weighted by atomic mass is 10.2. The molecule has 0 atom stereocenters. The van der Waals surface area contributed by atoms with Crippen molar-refractivity contribution in [2.75, 3.05) is 13.6 Å². The van der Waals surface area contributed by atoms with Crippen LogP contribution in [-0.2, 0) is 16.6 Å². The number of benzene rings is 2. The van der Waals surface area contributed by atoms with E-state index in [4.69, 9.17) is 0 Å². The number of para-hydroxylation sites is 2. The standard InChI is InChI=1S/C18H20N4O3S/c1-3-19-26(24,25)14-10-8-13(9-11-14)18(23)22(2)12-17-20-15-6-4-5-7-16(15)21-17/h4-11,19H,3,12H2,1-2H3,(H,20,21). The summed E-state index contributed by atoms with van der Waals surface area (Å²) in [6.07, 6.45) is 0. The van der Waals surface area contributed by atoms with Gasteiger partial charge >= 0.3 is 0 Å². The predicted octanol–water partition coefficient (Wildman–Crippen LogP) is 2.13. The highest BCUT2D eigenvalue weighted by atomic mass is 32.2. The van der Waals surface area contributed by atoms with Gasteiger partial charge in [-0.2, -0.15) is 0 Å². The van der Waals surface area contributed by atoms with E-state index in [0.717, 1.165) is 11.0 Å². The highest BCUT2D eigenvalue weighted by molar-refractivity contribution is 7.89. The van der Waals surface area contributed by atoms with Gasteiger partial charge in [0.2, 0.25) is 10.0 Å². The number of nitrogens with one attached hydrogen (secondary N) is 2. The summed E-state index contributed by atoms with van der Waals surface area (Å²) in [5, 5.41) is 0. The van der Waals surface area contributed by atoms with Crippen molar-refractivity contribution in [3.63, 3.8) is 0 Å². The Kier molecular flexibility index (Phi) is 5.06. The molecule has 3 aromatic rings. The van der Waals surface area contributed by atoms with E-state index in [1.54, 1.807) is 14.0 Å². The van der Waals surface area contributed by atoms with E-state index in [9.17, 15) is 13.2 Å². The number of carbonyl (C=O) groups excluding carboxylic acids is 1. The summed E-state index contributed by atoms with van der Waals surface area (Å²) in [7, 11) is -1.85. The van der Waals surface area contributed by atoms with E-state index in [-0.39, 0.29) is 10.8 Å². The summed E-state index contributed by atoms with van der Waals surface area (Å²) >= 11 is 0. The van der Waals surface area contributed by atoms with E-state index < -0.39 is 10.0 Å². The SMILES string of the molecule is CCNS(=O)(=O)c1ccc(C(=O)N(C)Cc2nc3ccccc3[nH]2)cc1. The Hall–Kier alpha value is -2.71. The van der Waals surface area contributed by atoms with Crippen molar-refractivity contribution in [1.82, 2.24) is 19.6 Å². The van der Waals surface area contributed by atoms with E-state index in [2.05, 4.69) is 14.7 Å². The second-order valence-corrected chi connectivity index (χ2v) is 7.65. The molecule has 2 N–H and O–H groups in total. The third kappa shape index (κ3) is 3.76. The first-order chi connectivity index (χ1) is 12.4. The molecule has 1 heterocycles. The molecule has 0 fully saturated rings. The molecule has 0 aliphatic carbocycles. The van der Waals surface area contributed by atoms with Crippen LogP contribution in [0.15, 0.2) is 53.4 Å². The van der Waals surface area contributed by atoms with Crippen LogP contribution in [0.25, 0.3) is 11.0 Å². The fourth-order valence-electron chi connectivity index (χ4n) is 2.65. The number of aromatic nitrogens is 2. The summed E-state index contributed by atoms with van der Waals surface area (Å²) in [6.45, 7) is 2.34. The first-order valence-electron chi connectivity index (χ1n) is 8.19. The predicted molar refractivity (Wildman–Crippen MR) is 99.2 cm³/mol. The van der Waals surface area contributed by atoms with Gasteiger partial charge in [-0.05, 0) is 36.4 Å². The molecule has 26 heavy (non-hydrogen) atoms. The number of amides is 1. The van der Waals surface area contributed by atoms with Crippen LogP contribution < -0.4 is 4.72 Å². The van der Waals surface area contributed by atoms with Crippen LogP contribution in [0.3, 0.4) is 0 Å². The van der Waals surface area contributed by atoms with Gasteiger partial charge in [0.1, 0.15) is 5.82 Å². The number of hydrogen-bond donors (Lipinski definition) is 2. The highest BCUT2D eigenvalue weighted by Gasteiger charge is 2.16. The summed E-state index contributed by atoms with van der Waals surface area (Å²) in [5.41, 5.74) is 2.18. The third-order valence-corrected chi connectivity index (χ3v) is 5.48. The van der Waals surface area contributed by atoms with Crippen molar-refractivity contribution >= 4 is 27.0 Å². The molecule has 0 aliphatic heterocycles. The normalized spacial score (nSPS) is 11.6. The minimum atomic E-state index is -3.53. The number of H-pyrrole nitrogens is 1.